The first-order valence-corrected chi connectivity index (χ1v) is 10.4. The van der Waals surface area contributed by atoms with Crippen molar-refractivity contribution in [2.24, 2.45) is 14.1 Å². The second-order valence-electron chi connectivity index (χ2n) is 7.64. The number of carbonyl (C=O) groups excluding carboxylic acids is 2. The zero-order chi connectivity index (χ0) is 24.7. The fourth-order valence-corrected chi connectivity index (χ4v) is 3.60. The van der Waals surface area contributed by atoms with Crippen LogP contribution in [0.15, 0.2) is 70.3 Å². The average Bonchev–Trinajstić information content (AvgIpc) is 3.27. The number of aryl methyl sites for hydroxylation is 1. The van der Waals surface area contributed by atoms with E-state index in [1.165, 1.54) is 23.1 Å². The van der Waals surface area contributed by atoms with Crippen molar-refractivity contribution in [1.82, 2.24) is 28.5 Å². The topological polar surface area (TPSA) is 145 Å². The summed E-state index contributed by atoms with van der Waals surface area (Å²) in [5.74, 6) is -1.28. The van der Waals surface area contributed by atoms with Gasteiger partial charge in [-0.25, -0.2) is 9.20 Å². The number of benzene rings is 2. The highest BCUT2D eigenvalue weighted by Crippen LogP contribution is 2.19. The summed E-state index contributed by atoms with van der Waals surface area (Å²) >= 11 is 0. The van der Waals surface area contributed by atoms with Crippen LogP contribution in [0.2, 0.25) is 0 Å². The van der Waals surface area contributed by atoms with Crippen LogP contribution in [-0.4, -0.2) is 40.3 Å². The van der Waals surface area contributed by atoms with Crippen molar-refractivity contribution in [3.8, 4) is 0 Å². The molecule has 0 saturated carbocycles. The predicted octanol–water partition coefficient (Wildman–Crippen LogP) is 1.18. The van der Waals surface area contributed by atoms with E-state index in [0.29, 0.717) is 11.1 Å². The maximum absolute atomic E-state index is 13.0. The molecule has 0 atom stereocenters. The number of carbonyl (C=O) groups is 2. The lowest BCUT2D eigenvalue weighted by atomic mass is 10.2. The predicted molar refractivity (Wildman–Crippen MR) is 128 cm³/mol. The molecule has 174 valence electrons. The van der Waals surface area contributed by atoms with Gasteiger partial charge in [0.1, 0.15) is 0 Å². The van der Waals surface area contributed by atoms with E-state index in [1.807, 2.05) is 0 Å². The number of nitrogens with one attached hydrogen (secondary N) is 2. The molecule has 5 aromatic rings. The minimum Gasteiger partial charge on any atom is -0.291 e. The number of imidazole rings is 1. The number of fused-ring (bicyclic) bond motifs is 3. The summed E-state index contributed by atoms with van der Waals surface area (Å²) in [6.07, 6.45) is 0. The largest absolute Gasteiger partial charge is 0.332 e. The summed E-state index contributed by atoms with van der Waals surface area (Å²) in [5, 5.41) is 5.24. The van der Waals surface area contributed by atoms with Gasteiger partial charge in [0.2, 0.25) is 17.7 Å². The van der Waals surface area contributed by atoms with Crippen LogP contribution in [0, 0.1) is 0 Å². The van der Waals surface area contributed by atoms with Gasteiger partial charge < -0.3 is 0 Å². The van der Waals surface area contributed by atoms with E-state index in [1.54, 1.807) is 60.7 Å². The van der Waals surface area contributed by atoms with Crippen LogP contribution in [0.3, 0.4) is 0 Å². The number of hydrogen-bond donors (Lipinski definition) is 2. The first-order chi connectivity index (χ1) is 16.8. The minimum absolute atomic E-state index is 0.00565. The van der Waals surface area contributed by atoms with E-state index in [0.717, 1.165) is 4.57 Å². The number of anilines is 2. The lowest BCUT2D eigenvalue weighted by molar-refractivity contribution is 0.101. The average molecular weight is 470 g/mol. The summed E-state index contributed by atoms with van der Waals surface area (Å²) in [7, 11) is 2.80. The van der Waals surface area contributed by atoms with E-state index in [9.17, 15) is 19.2 Å². The molecule has 2 N–H and O–H groups in total. The third kappa shape index (κ3) is 3.72. The van der Waals surface area contributed by atoms with Gasteiger partial charge in [-0.1, -0.05) is 36.4 Å². The van der Waals surface area contributed by atoms with E-state index >= 15 is 0 Å². The lowest BCUT2D eigenvalue weighted by Crippen LogP contribution is -2.37. The summed E-state index contributed by atoms with van der Waals surface area (Å²) in [5.41, 5.74) is -0.459. The van der Waals surface area contributed by atoms with Gasteiger partial charge in [0, 0.05) is 25.2 Å². The van der Waals surface area contributed by atoms with Gasteiger partial charge in [0.05, 0.1) is 0 Å². The Labute approximate surface area is 196 Å². The monoisotopic (exact) mass is 470 g/mol. The van der Waals surface area contributed by atoms with Crippen molar-refractivity contribution in [2.45, 2.75) is 0 Å². The van der Waals surface area contributed by atoms with Gasteiger partial charge in [0.25, 0.3) is 17.4 Å². The maximum Gasteiger partial charge on any atom is 0.332 e. The molecule has 0 saturated heterocycles. The third-order valence-electron chi connectivity index (χ3n) is 5.39. The Bertz CT molecular complexity index is 1740. The molecule has 0 bridgehead atoms. The lowest BCUT2D eigenvalue weighted by Gasteiger charge is -2.10. The quantitative estimate of drug-likeness (QED) is 0.401. The number of amides is 2. The number of rotatable bonds is 4. The Morgan fingerprint density at radius 2 is 1.31 bits per heavy atom. The van der Waals surface area contributed by atoms with Crippen molar-refractivity contribution in [3.05, 3.63) is 92.6 Å². The van der Waals surface area contributed by atoms with Crippen molar-refractivity contribution >= 4 is 40.7 Å². The Morgan fingerprint density at radius 1 is 0.743 bits per heavy atom. The molecule has 0 unspecified atom stereocenters. The van der Waals surface area contributed by atoms with Crippen molar-refractivity contribution in [1.29, 1.82) is 0 Å². The zero-order valence-corrected chi connectivity index (χ0v) is 18.6. The Hall–Kier alpha value is -5.13. The molecule has 2 aromatic carbocycles. The van der Waals surface area contributed by atoms with E-state index in [-0.39, 0.29) is 28.8 Å². The summed E-state index contributed by atoms with van der Waals surface area (Å²) in [6.45, 7) is 0. The second kappa shape index (κ2) is 8.33. The number of aromatic nitrogens is 6. The van der Waals surface area contributed by atoms with E-state index in [4.69, 9.17) is 0 Å². The first kappa shape index (κ1) is 21.7. The highest BCUT2D eigenvalue weighted by molar-refractivity contribution is 6.05. The Balaban J connectivity index is 1.71. The van der Waals surface area contributed by atoms with Gasteiger partial charge in [0.15, 0.2) is 11.2 Å². The molecule has 0 spiro atoms. The van der Waals surface area contributed by atoms with Crippen molar-refractivity contribution in [2.75, 3.05) is 10.6 Å². The van der Waals surface area contributed by atoms with Gasteiger partial charge in [-0.15, -0.1) is 0 Å². The molecule has 0 aliphatic carbocycles. The van der Waals surface area contributed by atoms with Crippen LogP contribution in [0.25, 0.3) is 16.9 Å². The SMILES string of the molecule is Cn1c(=O)c2c(nc3nc(NC(=O)c4ccccc4)nc(NC(=O)c4ccccc4)n32)n(C)c1=O. The summed E-state index contributed by atoms with van der Waals surface area (Å²) in [6, 6.07) is 16.8. The van der Waals surface area contributed by atoms with Gasteiger partial charge in [-0.2, -0.15) is 15.0 Å². The summed E-state index contributed by atoms with van der Waals surface area (Å²) < 4.78 is 3.36. The molecule has 0 fully saturated rings. The highest BCUT2D eigenvalue weighted by atomic mass is 16.2. The molecular formula is C23H18N8O4. The molecule has 12 nitrogen and oxygen atoms in total. The van der Waals surface area contributed by atoms with Crippen LogP contribution in [-0.2, 0) is 14.1 Å². The number of nitrogens with zero attached hydrogens (tertiary/aromatic N) is 6. The van der Waals surface area contributed by atoms with Crippen molar-refractivity contribution in [3.63, 3.8) is 0 Å². The standard InChI is InChI=1S/C23H18N8O4/c1-29-16-15(19(34)30(2)23(29)35)31-21(24-16)27-20(25-17(32)13-9-5-3-6-10-13)28-22(31)26-18(33)14-11-7-4-8-12-14/h3-12H,1-2H3,(H2,24,25,26,27,28,32,33). The molecule has 0 aliphatic heterocycles. The fraction of sp³-hybridized carbons (Fsp3) is 0.0870. The van der Waals surface area contributed by atoms with Crippen LogP contribution in [0.4, 0.5) is 11.9 Å². The van der Waals surface area contributed by atoms with Crippen LogP contribution in [0.5, 0.6) is 0 Å². The molecule has 2 amide bonds. The molecule has 35 heavy (non-hydrogen) atoms. The highest BCUT2D eigenvalue weighted by Gasteiger charge is 2.22. The smallest absolute Gasteiger partial charge is 0.291 e. The first-order valence-electron chi connectivity index (χ1n) is 10.4. The molecule has 0 aliphatic rings. The molecular weight excluding hydrogens is 452 g/mol. The Kier molecular flexibility index (Phi) is 5.17. The molecule has 5 rings (SSSR count). The van der Waals surface area contributed by atoms with E-state index in [2.05, 4.69) is 25.6 Å². The van der Waals surface area contributed by atoms with Crippen LogP contribution >= 0.6 is 0 Å². The normalized spacial score (nSPS) is 11.0. The molecule has 3 aromatic heterocycles. The third-order valence-corrected chi connectivity index (χ3v) is 5.39. The van der Waals surface area contributed by atoms with E-state index < -0.39 is 23.1 Å². The van der Waals surface area contributed by atoms with Crippen molar-refractivity contribution < 1.29 is 9.59 Å². The fourth-order valence-electron chi connectivity index (χ4n) is 3.60. The minimum atomic E-state index is -0.643. The second-order valence-corrected chi connectivity index (χ2v) is 7.64. The zero-order valence-electron chi connectivity index (χ0n) is 18.6. The molecule has 3 heterocycles. The van der Waals surface area contributed by atoms with Gasteiger partial charge in [-0.05, 0) is 24.3 Å². The summed E-state index contributed by atoms with van der Waals surface area (Å²) in [4.78, 5) is 63.8. The molecule has 0 radical (unpaired) electrons. The van der Waals surface area contributed by atoms with Gasteiger partial charge in [-0.3, -0.25) is 34.2 Å². The van der Waals surface area contributed by atoms with Gasteiger partial charge >= 0.3 is 5.69 Å². The molecule has 12 heteroatoms. The van der Waals surface area contributed by atoms with Crippen LogP contribution in [0.1, 0.15) is 20.7 Å². The maximum atomic E-state index is 13.0. The van der Waals surface area contributed by atoms with Crippen LogP contribution < -0.4 is 21.9 Å². The Morgan fingerprint density at radius 3 is 1.91 bits per heavy atom. The number of hydrogen-bond acceptors (Lipinski definition) is 7.